The van der Waals surface area contributed by atoms with Crippen molar-refractivity contribution in [2.24, 2.45) is 5.41 Å². The topological polar surface area (TPSA) is 52.5 Å². The predicted octanol–water partition coefficient (Wildman–Crippen LogP) is 2.50. The van der Waals surface area contributed by atoms with Crippen LogP contribution in [0.1, 0.15) is 45.7 Å². The predicted molar refractivity (Wildman–Crippen MR) is 79.0 cm³/mol. The van der Waals surface area contributed by atoms with E-state index in [2.05, 4.69) is 38.2 Å². The number of benzene rings is 1. The molecular weight excluding hydrogens is 238 g/mol. The van der Waals surface area contributed by atoms with Crippen molar-refractivity contribution in [2.45, 2.75) is 45.7 Å². The minimum Gasteiger partial charge on any atom is -0.394 e. The molecule has 19 heavy (non-hydrogen) atoms. The van der Waals surface area contributed by atoms with E-state index < -0.39 is 5.54 Å². The lowest BCUT2D eigenvalue weighted by atomic mass is 9.84. The van der Waals surface area contributed by atoms with Crippen molar-refractivity contribution in [3.63, 3.8) is 0 Å². The molecule has 0 spiro atoms. The Labute approximate surface area is 116 Å². The third kappa shape index (κ3) is 5.31. The molecule has 1 atom stereocenters. The van der Waals surface area contributed by atoms with Crippen molar-refractivity contribution in [3.8, 4) is 0 Å². The van der Waals surface area contributed by atoms with Gasteiger partial charge in [0.25, 0.3) is 0 Å². The Bertz CT molecular complexity index is 366. The van der Waals surface area contributed by atoms with Crippen LogP contribution in [0.25, 0.3) is 0 Å². The van der Waals surface area contributed by atoms with E-state index in [-0.39, 0.29) is 24.7 Å². The summed E-state index contributed by atoms with van der Waals surface area (Å²) in [5, 5.41) is 22.3. The zero-order chi connectivity index (χ0) is 14.5. The normalized spacial score (nSPS) is 14.4. The van der Waals surface area contributed by atoms with E-state index in [4.69, 9.17) is 0 Å². The van der Waals surface area contributed by atoms with Crippen molar-refractivity contribution in [2.75, 3.05) is 13.2 Å². The standard InChI is InChI=1S/C16H27NO2/c1-15(2,3)10-14(13-8-6-5-7-9-13)17-16(4,11-18)12-19/h5-9,14,17-19H,10-12H2,1-4H3. The molecule has 3 nitrogen and oxygen atoms in total. The van der Waals surface area contributed by atoms with Gasteiger partial charge in [-0.1, -0.05) is 51.1 Å². The molecule has 1 aromatic rings. The van der Waals surface area contributed by atoms with Crippen molar-refractivity contribution in [1.82, 2.24) is 5.32 Å². The summed E-state index contributed by atoms with van der Waals surface area (Å²) >= 11 is 0. The van der Waals surface area contributed by atoms with Gasteiger partial charge < -0.3 is 15.5 Å². The molecular formula is C16H27NO2. The maximum Gasteiger partial charge on any atom is 0.0633 e. The van der Waals surface area contributed by atoms with Crippen LogP contribution in [0.2, 0.25) is 0 Å². The third-order valence-electron chi connectivity index (χ3n) is 3.24. The zero-order valence-electron chi connectivity index (χ0n) is 12.5. The van der Waals surface area contributed by atoms with E-state index in [1.54, 1.807) is 0 Å². The van der Waals surface area contributed by atoms with Gasteiger partial charge in [-0.15, -0.1) is 0 Å². The minimum absolute atomic E-state index is 0.0863. The Kier molecular flexibility index (Phi) is 5.53. The number of nitrogens with one attached hydrogen (secondary N) is 1. The van der Waals surface area contributed by atoms with E-state index in [0.717, 1.165) is 6.42 Å². The molecule has 3 heteroatoms. The van der Waals surface area contributed by atoms with Crippen LogP contribution >= 0.6 is 0 Å². The fourth-order valence-corrected chi connectivity index (χ4v) is 2.11. The van der Waals surface area contributed by atoms with Crippen LogP contribution in [0.5, 0.6) is 0 Å². The molecule has 0 fully saturated rings. The first-order valence-corrected chi connectivity index (χ1v) is 6.84. The zero-order valence-corrected chi connectivity index (χ0v) is 12.5. The SMILES string of the molecule is CC(C)(C)CC(NC(C)(CO)CO)c1ccccc1. The van der Waals surface area contributed by atoms with Gasteiger partial charge in [-0.3, -0.25) is 0 Å². The summed E-state index contributed by atoms with van der Waals surface area (Å²) in [5.41, 5.74) is 0.691. The van der Waals surface area contributed by atoms with Crippen LogP contribution in [0, 0.1) is 5.41 Å². The average Bonchev–Trinajstić information content (AvgIpc) is 2.37. The highest BCUT2D eigenvalue weighted by molar-refractivity contribution is 5.20. The molecule has 0 saturated heterocycles. The van der Waals surface area contributed by atoms with Crippen LogP contribution in [0.3, 0.4) is 0 Å². The van der Waals surface area contributed by atoms with Gasteiger partial charge in [-0.05, 0) is 24.3 Å². The molecule has 0 bridgehead atoms. The molecule has 1 aromatic carbocycles. The lowest BCUT2D eigenvalue weighted by Crippen LogP contribution is -2.51. The van der Waals surface area contributed by atoms with Crippen LogP contribution < -0.4 is 5.32 Å². The van der Waals surface area contributed by atoms with Crippen molar-refractivity contribution < 1.29 is 10.2 Å². The highest BCUT2D eigenvalue weighted by Crippen LogP contribution is 2.30. The van der Waals surface area contributed by atoms with E-state index in [1.165, 1.54) is 5.56 Å². The molecule has 1 unspecified atom stereocenters. The monoisotopic (exact) mass is 265 g/mol. The Balaban J connectivity index is 2.94. The third-order valence-corrected chi connectivity index (χ3v) is 3.24. The summed E-state index contributed by atoms with van der Waals surface area (Å²) < 4.78 is 0. The van der Waals surface area contributed by atoms with Crippen molar-refractivity contribution >= 4 is 0 Å². The van der Waals surface area contributed by atoms with Gasteiger partial charge in [0.05, 0.1) is 18.8 Å². The van der Waals surface area contributed by atoms with E-state index in [1.807, 2.05) is 25.1 Å². The highest BCUT2D eigenvalue weighted by atomic mass is 16.3. The van der Waals surface area contributed by atoms with Crippen LogP contribution in [-0.4, -0.2) is 29.0 Å². The molecule has 1 rings (SSSR count). The summed E-state index contributed by atoms with van der Waals surface area (Å²) in [4.78, 5) is 0. The Morgan fingerprint density at radius 2 is 1.53 bits per heavy atom. The van der Waals surface area contributed by atoms with Crippen LogP contribution in [0.4, 0.5) is 0 Å². The molecule has 3 N–H and O–H groups in total. The summed E-state index contributed by atoms with van der Waals surface area (Å²) in [6, 6.07) is 10.3. The first-order chi connectivity index (χ1) is 8.79. The Morgan fingerprint density at radius 3 is 1.95 bits per heavy atom. The quantitative estimate of drug-likeness (QED) is 0.741. The second-order valence-corrected chi connectivity index (χ2v) is 6.75. The van der Waals surface area contributed by atoms with Gasteiger partial charge in [-0.25, -0.2) is 0 Å². The fraction of sp³-hybridized carbons (Fsp3) is 0.625. The number of aliphatic hydroxyl groups is 2. The molecule has 0 radical (unpaired) electrons. The molecule has 0 heterocycles. The summed E-state index contributed by atoms with van der Waals surface area (Å²) in [6.45, 7) is 8.25. The molecule has 108 valence electrons. The smallest absolute Gasteiger partial charge is 0.0633 e. The van der Waals surface area contributed by atoms with Gasteiger partial charge in [0.1, 0.15) is 0 Å². The van der Waals surface area contributed by atoms with Gasteiger partial charge in [0, 0.05) is 6.04 Å². The van der Waals surface area contributed by atoms with Gasteiger partial charge in [0.15, 0.2) is 0 Å². The van der Waals surface area contributed by atoms with Gasteiger partial charge in [-0.2, -0.15) is 0 Å². The first kappa shape index (κ1) is 16.2. The highest BCUT2D eigenvalue weighted by Gasteiger charge is 2.29. The maximum atomic E-state index is 9.46. The first-order valence-electron chi connectivity index (χ1n) is 6.84. The minimum atomic E-state index is -0.661. The molecule has 0 aromatic heterocycles. The number of hydrogen-bond donors (Lipinski definition) is 3. The Hall–Kier alpha value is -0.900. The lowest BCUT2D eigenvalue weighted by molar-refractivity contribution is 0.0873. The Morgan fingerprint density at radius 1 is 1.00 bits per heavy atom. The second-order valence-electron chi connectivity index (χ2n) is 6.75. The number of rotatable bonds is 6. The summed E-state index contributed by atoms with van der Waals surface area (Å²) in [6.07, 6.45) is 0.937. The fourth-order valence-electron chi connectivity index (χ4n) is 2.11. The van der Waals surface area contributed by atoms with Gasteiger partial charge in [0.2, 0.25) is 0 Å². The lowest BCUT2D eigenvalue weighted by Gasteiger charge is -2.35. The largest absolute Gasteiger partial charge is 0.394 e. The molecule has 0 aliphatic rings. The van der Waals surface area contributed by atoms with Gasteiger partial charge >= 0.3 is 0 Å². The maximum absolute atomic E-state index is 9.46. The summed E-state index contributed by atoms with van der Waals surface area (Å²) in [5.74, 6) is 0. The van der Waals surface area contributed by atoms with Crippen LogP contribution in [-0.2, 0) is 0 Å². The summed E-state index contributed by atoms with van der Waals surface area (Å²) in [7, 11) is 0. The molecule has 0 aliphatic carbocycles. The van der Waals surface area contributed by atoms with Crippen molar-refractivity contribution in [1.29, 1.82) is 0 Å². The molecule has 0 saturated carbocycles. The van der Waals surface area contributed by atoms with E-state index >= 15 is 0 Å². The molecule has 0 amide bonds. The number of aliphatic hydroxyl groups excluding tert-OH is 2. The second kappa shape index (κ2) is 6.51. The number of hydrogen-bond acceptors (Lipinski definition) is 3. The average molecular weight is 265 g/mol. The molecule has 0 aliphatic heterocycles. The van der Waals surface area contributed by atoms with Crippen LogP contribution in [0.15, 0.2) is 30.3 Å². The van der Waals surface area contributed by atoms with E-state index in [9.17, 15) is 10.2 Å². The van der Waals surface area contributed by atoms with E-state index in [0.29, 0.717) is 0 Å². The van der Waals surface area contributed by atoms with Crippen molar-refractivity contribution in [3.05, 3.63) is 35.9 Å².